The van der Waals surface area contributed by atoms with Gasteiger partial charge in [0.1, 0.15) is 11.7 Å². The summed E-state index contributed by atoms with van der Waals surface area (Å²) in [6.07, 6.45) is 2.74. The molecule has 0 fully saturated rings. The summed E-state index contributed by atoms with van der Waals surface area (Å²) in [7, 11) is 1.29. The third-order valence-corrected chi connectivity index (χ3v) is 6.83. The fourth-order valence-corrected chi connectivity index (χ4v) is 4.77. The van der Waals surface area contributed by atoms with Gasteiger partial charge < -0.3 is 19.5 Å². The van der Waals surface area contributed by atoms with Crippen molar-refractivity contribution in [1.82, 2.24) is 5.32 Å². The van der Waals surface area contributed by atoms with Gasteiger partial charge in [0, 0.05) is 22.5 Å². The second-order valence-electron chi connectivity index (χ2n) is 9.40. The van der Waals surface area contributed by atoms with E-state index in [0.717, 1.165) is 18.5 Å². The van der Waals surface area contributed by atoms with Crippen LogP contribution in [-0.2, 0) is 23.9 Å². The van der Waals surface area contributed by atoms with E-state index in [1.165, 1.54) is 7.11 Å². The number of carbonyl (C=O) groups is 3. The number of nitrogens with one attached hydrogen (secondary N) is 1. The maximum Gasteiger partial charge on any atom is 0.337 e. The molecule has 1 aliphatic heterocycles. The van der Waals surface area contributed by atoms with E-state index in [1.807, 2.05) is 52.0 Å². The van der Waals surface area contributed by atoms with Crippen LogP contribution in [0.2, 0.25) is 0 Å². The third kappa shape index (κ3) is 5.44. The van der Waals surface area contributed by atoms with Gasteiger partial charge in [0.25, 0.3) is 0 Å². The first-order valence-electron chi connectivity index (χ1n) is 12.5. The molecular formula is C28H37NO6. The number of ether oxygens (including phenoxy) is 3. The minimum absolute atomic E-state index is 0.237. The quantitative estimate of drug-likeness (QED) is 0.306. The van der Waals surface area contributed by atoms with Crippen LogP contribution >= 0.6 is 0 Å². The summed E-state index contributed by atoms with van der Waals surface area (Å²) in [5, 5.41) is 3.30. The van der Waals surface area contributed by atoms with Crippen molar-refractivity contribution in [1.29, 1.82) is 0 Å². The Morgan fingerprint density at radius 3 is 2.57 bits per heavy atom. The lowest BCUT2D eigenvalue weighted by Crippen LogP contribution is -2.43. The lowest BCUT2D eigenvalue weighted by Gasteiger charge is -2.38. The van der Waals surface area contributed by atoms with Gasteiger partial charge >= 0.3 is 11.9 Å². The number of dihydropyridines is 1. The van der Waals surface area contributed by atoms with Gasteiger partial charge in [0.2, 0.25) is 0 Å². The number of hydrogen-bond acceptors (Lipinski definition) is 7. The van der Waals surface area contributed by atoms with Crippen molar-refractivity contribution in [2.24, 2.45) is 11.8 Å². The Morgan fingerprint density at radius 1 is 1.20 bits per heavy atom. The first-order valence-corrected chi connectivity index (χ1v) is 12.5. The number of esters is 2. The topological polar surface area (TPSA) is 90.9 Å². The molecule has 0 saturated carbocycles. The highest BCUT2D eigenvalue weighted by atomic mass is 16.5. The summed E-state index contributed by atoms with van der Waals surface area (Å²) in [5.74, 6) is -2.63. The van der Waals surface area contributed by atoms with E-state index < -0.39 is 23.8 Å². The highest BCUT2D eigenvalue weighted by Gasteiger charge is 2.48. The molecule has 0 bridgehead atoms. The molecule has 0 spiro atoms. The zero-order valence-electron chi connectivity index (χ0n) is 21.6. The Labute approximate surface area is 207 Å². The molecule has 0 saturated heterocycles. The van der Waals surface area contributed by atoms with Crippen molar-refractivity contribution in [2.45, 2.75) is 72.3 Å². The average Bonchev–Trinajstić information content (AvgIpc) is 2.83. The number of methoxy groups -OCH3 is 1. The van der Waals surface area contributed by atoms with Crippen LogP contribution in [0, 0.1) is 11.8 Å². The molecule has 1 aromatic carbocycles. The molecule has 7 nitrogen and oxygen atoms in total. The van der Waals surface area contributed by atoms with E-state index in [2.05, 4.69) is 12.2 Å². The van der Waals surface area contributed by atoms with Gasteiger partial charge in [-0.25, -0.2) is 4.79 Å². The molecule has 0 radical (unpaired) electrons. The Balaban J connectivity index is 2.18. The molecule has 0 aromatic heterocycles. The fraction of sp³-hybridized carbons (Fsp3) is 0.536. The Bertz CT molecular complexity index is 1040. The van der Waals surface area contributed by atoms with Crippen LogP contribution in [0.15, 0.2) is 46.8 Å². The second-order valence-corrected chi connectivity index (χ2v) is 9.40. The van der Waals surface area contributed by atoms with Crippen molar-refractivity contribution >= 4 is 17.7 Å². The summed E-state index contributed by atoms with van der Waals surface area (Å²) in [4.78, 5) is 39.9. The summed E-state index contributed by atoms with van der Waals surface area (Å²) in [6.45, 7) is 10.1. The van der Waals surface area contributed by atoms with Crippen LogP contribution in [0.25, 0.3) is 0 Å². The van der Waals surface area contributed by atoms with Crippen molar-refractivity contribution in [3.63, 3.8) is 0 Å². The van der Waals surface area contributed by atoms with Crippen LogP contribution in [0.4, 0.5) is 0 Å². The van der Waals surface area contributed by atoms with E-state index >= 15 is 0 Å². The molecule has 0 amide bonds. The maximum atomic E-state index is 13.9. The number of hydrogen-bond donors (Lipinski definition) is 1. The van der Waals surface area contributed by atoms with Crippen LogP contribution in [0.1, 0.15) is 71.8 Å². The van der Waals surface area contributed by atoms with E-state index in [0.29, 0.717) is 47.6 Å². The number of ketones is 1. The van der Waals surface area contributed by atoms with E-state index in [9.17, 15) is 14.4 Å². The third-order valence-electron chi connectivity index (χ3n) is 6.83. The number of benzene rings is 1. The molecule has 3 rings (SSSR count). The normalized spacial score (nSPS) is 22.8. The van der Waals surface area contributed by atoms with Crippen LogP contribution in [0.5, 0.6) is 5.75 Å². The number of carbonyl (C=O) groups excluding carboxylic acids is 3. The van der Waals surface area contributed by atoms with E-state index in [-0.39, 0.29) is 17.8 Å². The molecule has 35 heavy (non-hydrogen) atoms. The van der Waals surface area contributed by atoms with Crippen molar-refractivity contribution in [3.05, 3.63) is 52.4 Å². The lowest BCUT2D eigenvalue weighted by atomic mass is 9.69. The highest BCUT2D eigenvalue weighted by molar-refractivity contribution is 6.12. The second kappa shape index (κ2) is 11.6. The number of Topliss-reactive ketones (excluding diaryl/α,β-unsaturated/α-hetero) is 1. The number of rotatable bonds is 9. The first kappa shape index (κ1) is 26.5. The predicted octanol–water partition coefficient (Wildman–Crippen LogP) is 4.82. The lowest BCUT2D eigenvalue weighted by molar-refractivity contribution is -0.151. The summed E-state index contributed by atoms with van der Waals surface area (Å²) < 4.78 is 16.8. The summed E-state index contributed by atoms with van der Waals surface area (Å²) in [6, 6.07) is 7.47. The van der Waals surface area contributed by atoms with Crippen LogP contribution in [-0.4, -0.2) is 37.5 Å². The minimum atomic E-state index is -0.929. The van der Waals surface area contributed by atoms with Crippen LogP contribution < -0.4 is 10.1 Å². The van der Waals surface area contributed by atoms with Crippen molar-refractivity contribution < 1.29 is 28.6 Å². The summed E-state index contributed by atoms with van der Waals surface area (Å²) >= 11 is 0. The van der Waals surface area contributed by atoms with Gasteiger partial charge in [-0.2, -0.15) is 0 Å². The minimum Gasteiger partial charge on any atom is -0.493 e. The zero-order valence-corrected chi connectivity index (χ0v) is 21.6. The van der Waals surface area contributed by atoms with Gasteiger partial charge in [0.05, 0.1) is 31.3 Å². The number of allylic oxidation sites excluding steroid dienone is 3. The molecule has 190 valence electrons. The molecule has 4 atom stereocenters. The van der Waals surface area contributed by atoms with Crippen molar-refractivity contribution in [2.75, 3.05) is 13.7 Å². The largest absolute Gasteiger partial charge is 0.493 e. The van der Waals surface area contributed by atoms with Crippen LogP contribution in [0.3, 0.4) is 0 Å². The maximum absolute atomic E-state index is 13.9. The predicted molar refractivity (Wildman–Crippen MR) is 133 cm³/mol. The Hall–Kier alpha value is -3.09. The monoisotopic (exact) mass is 483 g/mol. The zero-order chi connectivity index (χ0) is 25.7. The smallest absolute Gasteiger partial charge is 0.337 e. The van der Waals surface area contributed by atoms with Gasteiger partial charge in [-0.15, -0.1) is 0 Å². The molecule has 1 heterocycles. The molecule has 0 unspecified atom stereocenters. The molecule has 7 heteroatoms. The summed E-state index contributed by atoms with van der Waals surface area (Å²) in [5.41, 5.74) is 2.85. The fourth-order valence-electron chi connectivity index (χ4n) is 4.77. The van der Waals surface area contributed by atoms with Gasteiger partial charge in [-0.3, -0.25) is 9.59 Å². The number of para-hydroxylation sites is 1. The van der Waals surface area contributed by atoms with Gasteiger partial charge in [-0.05, 0) is 45.1 Å². The average molecular weight is 484 g/mol. The van der Waals surface area contributed by atoms with Gasteiger partial charge in [0.15, 0.2) is 5.78 Å². The number of unbranched alkanes of at least 4 members (excludes halogenated alkanes) is 1. The molecule has 1 aliphatic carbocycles. The molecule has 1 N–H and O–H groups in total. The molecular weight excluding hydrogens is 446 g/mol. The Kier molecular flexibility index (Phi) is 8.76. The first-order chi connectivity index (χ1) is 16.7. The standard InChI is InChI=1S/C28H37NO6/c1-7-9-14-34-21-13-11-10-12-19(21)24-23(28(32)35-17(4)8-2)18(5)29-20-15-16(3)22(27(31)33-6)26(30)25(20)24/h10-13,16-17,22,24,29H,7-9,14-15H2,1-6H3/t16-,17+,22+,24-/m1/s1. The molecule has 1 aromatic rings. The SMILES string of the molecule is CCCCOc1ccccc1[C@@H]1C(C(=O)O[C@@H](C)CC)=C(C)NC2=C1C(=O)[C@@H](C(=O)OC)[C@H](C)C2. The van der Waals surface area contributed by atoms with Gasteiger partial charge in [-0.1, -0.05) is 45.4 Å². The highest BCUT2D eigenvalue weighted by Crippen LogP contribution is 2.47. The van der Waals surface area contributed by atoms with E-state index in [1.54, 1.807) is 0 Å². The van der Waals surface area contributed by atoms with Crippen molar-refractivity contribution in [3.8, 4) is 5.75 Å². The Morgan fingerprint density at radius 2 is 1.91 bits per heavy atom. The van der Waals surface area contributed by atoms with E-state index in [4.69, 9.17) is 14.2 Å². The molecule has 2 aliphatic rings.